The maximum absolute atomic E-state index is 12.1. The highest BCUT2D eigenvalue weighted by atomic mass is 35.5. The van der Waals surface area contributed by atoms with Crippen molar-refractivity contribution < 1.29 is 9.53 Å². The topological polar surface area (TPSA) is 64.3 Å². The number of hydrogen-bond donors (Lipinski definition) is 2. The van der Waals surface area contributed by atoms with E-state index in [0.717, 1.165) is 0 Å². The molecular formula is C14H13ClN2O2. The van der Waals surface area contributed by atoms with Gasteiger partial charge < -0.3 is 15.8 Å². The van der Waals surface area contributed by atoms with Crippen LogP contribution in [0.5, 0.6) is 5.75 Å². The zero-order valence-electron chi connectivity index (χ0n) is 10.3. The molecule has 0 aromatic heterocycles. The number of carbonyl (C=O) groups excluding carboxylic acids is 1. The molecule has 0 bridgehead atoms. The molecule has 0 saturated carbocycles. The number of carbonyl (C=O) groups is 1. The first-order valence-corrected chi connectivity index (χ1v) is 5.99. The fourth-order valence-electron chi connectivity index (χ4n) is 1.66. The molecule has 0 atom stereocenters. The Morgan fingerprint density at radius 3 is 2.58 bits per heavy atom. The predicted molar refractivity (Wildman–Crippen MR) is 76.8 cm³/mol. The minimum absolute atomic E-state index is 0.259. The molecule has 2 aromatic rings. The van der Waals surface area contributed by atoms with Crippen LogP contribution in [0.2, 0.25) is 5.02 Å². The Balaban J connectivity index is 2.31. The quantitative estimate of drug-likeness (QED) is 0.846. The van der Waals surface area contributed by atoms with Crippen LogP contribution >= 0.6 is 11.6 Å². The van der Waals surface area contributed by atoms with E-state index in [1.807, 2.05) is 6.07 Å². The van der Waals surface area contributed by atoms with E-state index in [1.165, 1.54) is 7.11 Å². The van der Waals surface area contributed by atoms with Gasteiger partial charge in [-0.15, -0.1) is 0 Å². The number of methoxy groups -OCH3 is 1. The summed E-state index contributed by atoms with van der Waals surface area (Å²) in [7, 11) is 1.49. The van der Waals surface area contributed by atoms with Crippen LogP contribution in [-0.4, -0.2) is 13.0 Å². The smallest absolute Gasteiger partial charge is 0.255 e. The standard InChI is InChI=1S/C14H13ClN2O2/c1-19-12-8-10(16)7-11(15)13(12)17-14(18)9-5-3-2-4-6-9/h2-8H,16H2,1H3,(H,17,18). The Kier molecular flexibility index (Phi) is 3.92. The fraction of sp³-hybridized carbons (Fsp3) is 0.0714. The molecule has 0 aliphatic heterocycles. The van der Waals surface area contributed by atoms with Crippen molar-refractivity contribution in [3.63, 3.8) is 0 Å². The molecule has 0 aliphatic rings. The lowest BCUT2D eigenvalue weighted by atomic mass is 10.2. The zero-order valence-corrected chi connectivity index (χ0v) is 11.1. The van der Waals surface area contributed by atoms with Crippen LogP contribution in [0.4, 0.5) is 11.4 Å². The van der Waals surface area contributed by atoms with Gasteiger partial charge in [0, 0.05) is 17.3 Å². The lowest BCUT2D eigenvalue weighted by Gasteiger charge is -2.12. The third-order valence-corrected chi connectivity index (χ3v) is 2.87. The summed E-state index contributed by atoms with van der Waals surface area (Å²) in [6, 6.07) is 12.0. The van der Waals surface area contributed by atoms with Crippen LogP contribution in [0.15, 0.2) is 42.5 Å². The van der Waals surface area contributed by atoms with Crippen molar-refractivity contribution in [1.82, 2.24) is 0 Å². The minimum Gasteiger partial charge on any atom is -0.494 e. The van der Waals surface area contributed by atoms with Gasteiger partial charge in [0.25, 0.3) is 5.91 Å². The summed E-state index contributed by atoms with van der Waals surface area (Å²) in [4.78, 5) is 12.1. The zero-order chi connectivity index (χ0) is 13.8. The Hall–Kier alpha value is -2.20. The van der Waals surface area contributed by atoms with Crippen LogP contribution in [0.1, 0.15) is 10.4 Å². The van der Waals surface area contributed by atoms with Crippen molar-refractivity contribution in [2.45, 2.75) is 0 Å². The average molecular weight is 277 g/mol. The van der Waals surface area contributed by atoms with Gasteiger partial charge in [0.15, 0.2) is 0 Å². The first kappa shape index (κ1) is 13.2. The molecule has 0 fully saturated rings. The van der Waals surface area contributed by atoms with E-state index in [9.17, 15) is 4.79 Å². The summed E-state index contributed by atoms with van der Waals surface area (Å²) in [5, 5.41) is 3.06. The second-order valence-electron chi connectivity index (χ2n) is 3.90. The molecule has 4 nitrogen and oxygen atoms in total. The number of anilines is 2. The molecule has 0 aliphatic carbocycles. The number of nitrogens with two attached hydrogens (primary N) is 1. The molecule has 2 rings (SSSR count). The predicted octanol–water partition coefficient (Wildman–Crippen LogP) is 3.18. The van der Waals surface area contributed by atoms with E-state index < -0.39 is 0 Å². The second-order valence-corrected chi connectivity index (χ2v) is 4.31. The van der Waals surface area contributed by atoms with Gasteiger partial charge >= 0.3 is 0 Å². The molecule has 19 heavy (non-hydrogen) atoms. The highest BCUT2D eigenvalue weighted by Crippen LogP contribution is 2.35. The van der Waals surface area contributed by atoms with Crippen LogP contribution in [0.3, 0.4) is 0 Å². The van der Waals surface area contributed by atoms with E-state index >= 15 is 0 Å². The van der Waals surface area contributed by atoms with E-state index in [-0.39, 0.29) is 5.91 Å². The number of halogens is 1. The minimum atomic E-state index is -0.259. The van der Waals surface area contributed by atoms with Crippen molar-refractivity contribution in [2.75, 3.05) is 18.2 Å². The van der Waals surface area contributed by atoms with Crippen molar-refractivity contribution in [3.8, 4) is 5.75 Å². The molecule has 0 spiro atoms. The van der Waals surface area contributed by atoms with Gasteiger partial charge in [-0.2, -0.15) is 0 Å². The fourth-order valence-corrected chi connectivity index (χ4v) is 1.93. The number of ether oxygens (including phenoxy) is 1. The van der Waals surface area contributed by atoms with Gasteiger partial charge in [-0.05, 0) is 18.2 Å². The number of nitrogens with one attached hydrogen (secondary N) is 1. The number of benzene rings is 2. The Morgan fingerprint density at radius 1 is 1.26 bits per heavy atom. The van der Waals surface area contributed by atoms with Crippen LogP contribution < -0.4 is 15.8 Å². The largest absolute Gasteiger partial charge is 0.494 e. The second kappa shape index (κ2) is 5.63. The molecule has 1 amide bonds. The van der Waals surface area contributed by atoms with Gasteiger partial charge in [0.05, 0.1) is 12.1 Å². The molecular weight excluding hydrogens is 264 g/mol. The highest BCUT2D eigenvalue weighted by molar-refractivity contribution is 6.34. The molecule has 0 saturated heterocycles. The Labute approximate surface area is 116 Å². The molecule has 98 valence electrons. The van der Waals surface area contributed by atoms with Gasteiger partial charge in [0.2, 0.25) is 0 Å². The monoisotopic (exact) mass is 276 g/mol. The van der Waals surface area contributed by atoms with Crippen LogP contribution in [0, 0.1) is 0 Å². The first-order chi connectivity index (χ1) is 9.11. The summed E-state index contributed by atoms with van der Waals surface area (Å²) < 4.78 is 5.16. The molecule has 3 N–H and O–H groups in total. The number of hydrogen-bond acceptors (Lipinski definition) is 3. The van der Waals surface area contributed by atoms with Crippen LogP contribution in [-0.2, 0) is 0 Å². The van der Waals surface area contributed by atoms with E-state index in [1.54, 1.807) is 36.4 Å². The lowest BCUT2D eigenvalue weighted by molar-refractivity contribution is 0.102. The van der Waals surface area contributed by atoms with Crippen molar-refractivity contribution >= 4 is 28.9 Å². The summed E-state index contributed by atoms with van der Waals surface area (Å²) in [5.41, 5.74) is 7.09. The van der Waals surface area contributed by atoms with Crippen molar-refractivity contribution in [3.05, 3.63) is 53.1 Å². The summed E-state index contributed by atoms with van der Waals surface area (Å²) in [6.07, 6.45) is 0. The highest BCUT2D eigenvalue weighted by Gasteiger charge is 2.13. The normalized spacial score (nSPS) is 10.0. The Bertz CT molecular complexity index is 600. The lowest BCUT2D eigenvalue weighted by Crippen LogP contribution is -2.13. The molecule has 0 heterocycles. The SMILES string of the molecule is COc1cc(N)cc(Cl)c1NC(=O)c1ccccc1. The van der Waals surface area contributed by atoms with E-state index in [2.05, 4.69) is 5.32 Å². The number of rotatable bonds is 3. The van der Waals surface area contributed by atoms with Crippen molar-refractivity contribution in [2.24, 2.45) is 0 Å². The van der Waals surface area contributed by atoms with Crippen LogP contribution in [0.25, 0.3) is 0 Å². The maximum atomic E-state index is 12.1. The van der Waals surface area contributed by atoms with Gasteiger partial charge in [-0.25, -0.2) is 0 Å². The summed E-state index contributed by atoms with van der Waals surface area (Å²) in [5.74, 6) is 0.167. The average Bonchev–Trinajstić information content (AvgIpc) is 2.42. The maximum Gasteiger partial charge on any atom is 0.255 e. The Morgan fingerprint density at radius 2 is 1.95 bits per heavy atom. The van der Waals surface area contributed by atoms with Crippen molar-refractivity contribution in [1.29, 1.82) is 0 Å². The van der Waals surface area contributed by atoms with Gasteiger partial charge in [-0.3, -0.25) is 4.79 Å². The third kappa shape index (κ3) is 2.98. The summed E-state index contributed by atoms with van der Waals surface area (Å²) >= 11 is 6.07. The molecule has 0 radical (unpaired) electrons. The first-order valence-electron chi connectivity index (χ1n) is 5.61. The van der Waals surface area contributed by atoms with E-state index in [0.29, 0.717) is 27.7 Å². The number of nitrogen functional groups attached to an aromatic ring is 1. The third-order valence-electron chi connectivity index (χ3n) is 2.57. The molecule has 2 aromatic carbocycles. The molecule has 0 unspecified atom stereocenters. The van der Waals surface area contributed by atoms with Gasteiger partial charge in [-0.1, -0.05) is 29.8 Å². The number of amides is 1. The summed E-state index contributed by atoms with van der Waals surface area (Å²) in [6.45, 7) is 0. The van der Waals surface area contributed by atoms with Gasteiger partial charge in [0.1, 0.15) is 11.4 Å². The van der Waals surface area contributed by atoms with E-state index in [4.69, 9.17) is 22.1 Å². The molecule has 5 heteroatoms.